The lowest BCUT2D eigenvalue weighted by molar-refractivity contribution is 0.733. The molecule has 1 heterocycles. The average Bonchev–Trinajstić information content (AvgIpc) is 3.11. The molecule has 0 radical (unpaired) electrons. The van der Waals surface area contributed by atoms with Crippen molar-refractivity contribution < 1.29 is 0 Å². The summed E-state index contributed by atoms with van der Waals surface area (Å²) in [6.45, 7) is 6.13. The maximum Gasteiger partial charge on any atom is 0.190 e. The van der Waals surface area contributed by atoms with E-state index >= 15 is 0 Å². The molecule has 1 saturated carbocycles. The maximum absolute atomic E-state index is 4.54. The fourth-order valence-corrected chi connectivity index (χ4v) is 2.65. The van der Waals surface area contributed by atoms with Crippen molar-refractivity contribution in [1.82, 2.24) is 15.6 Å². The lowest BCUT2D eigenvalue weighted by atomic mass is 10.4. The number of rotatable bonds is 5. The summed E-state index contributed by atoms with van der Waals surface area (Å²) in [5.74, 6) is 1.78. The van der Waals surface area contributed by atoms with E-state index in [-0.39, 0.29) is 0 Å². The molecular formula is C13H22N4S. The van der Waals surface area contributed by atoms with Crippen molar-refractivity contribution in [2.24, 2.45) is 10.9 Å². The summed E-state index contributed by atoms with van der Waals surface area (Å²) in [5.41, 5.74) is 1.16. The second-order valence-corrected chi connectivity index (χ2v) is 6.11. The van der Waals surface area contributed by atoms with E-state index < -0.39 is 0 Å². The van der Waals surface area contributed by atoms with Gasteiger partial charge in [0.05, 0.1) is 10.7 Å². The molecule has 4 nitrogen and oxygen atoms in total. The van der Waals surface area contributed by atoms with Crippen LogP contribution < -0.4 is 10.6 Å². The van der Waals surface area contributed by atoms with Crippen molar-refractivity contribution in [2.75, 3.05) is 20.1 Å². The molecule has 0 amide bonds. The Morgan fingerprint density at radius 1 is 1.39 bits per heavy atom. The van der Waals surface area contributed by atoms with Crippen LogP contribution in [0.3, 0.4) is 0 Å². The summed E-state index contributed by atoms with van der Waals surface area (Å²) in [6, 6.07) is 0. The van der Waals surface area contributed by atoms with E-state index in [1.54, 1.807) is 11.3 Å². The van der Waals surface area contributed by atoms with Crippen LogP contribution in [0.2, 0.25) is 0 Å². The minimum Gasteiger partial charge on any atom is -0.356 e. The molecule has 5 heteroatoms. The minimum absolute atomic E-state index is 0.868. The highest BCUT2D eigenvalue weighted by molar-refractivity contribution is 7.11. The molecule has 100 valence electrons. The van der Waals surface area contributed by atoms with Crippen molar-refractivity contribution in [2.45, 2.75) is 33.1 Å². The molecule has 2 N–H and O–H groups in total. The van der Waals surface area contributed by atoms with Crippen LogP contribution in [0, 0.1) is 19.8 Å². The molecule has 1 aliphatic carbocycles. The van der Waals surface area contributed by atoms with Crippen molar-refractivity contribution in [3.05, 3.63) is 15.6 Å². The van der Waals surface area contributed by atoms with Gasteiger partial charge in [0.1, 0.15) is 0 Å². The van der Waals surface area contributed by atoms with Gasteiger partial charge >= 0.3 is 0 Å². The molecule has 0 bridgehead atoms. The maximum atomic E-state index is 4.54. The first-order valence-electron chi connectivity index (χ1n) is 6.56. The van der Waals surface area contributed by atoms with Gasteiger partial charge in [-0.3, -0.25) is 4.99 Å². The van der Waals surface area contributed by atoms with Gasteiger partial charge in [0.2, 0.25) is 0 Å². The van der Waals surface area contributed by atoms with Gasteiger partial charge < -0.3 is 10.6 Å². The third-order valence-electron chi connectivity index (χ3n) is 3.18. The Morgan fingerprint density at radius 3 is 2.72 bits per heavy atom. The molecule has 0 aliphatic heterocycles. The normalized spacial score (nSPS) is 15.8. The number of aryl methyl sites for hydroxylation is 2. The molecular weight excluding hydrogens is 244 g/mol. The first-order chi connectivity index (χ1) is 8.69. The summed E-state index contributed by atoms with van der Waals surface area (Å²) < 4.78 is 0. The largest absolute Gasteiger partial charge is 0.356 e. The van der Waals surface area contributed by atoms with Gasteiger partial charge in [-0.1, -0.05) is 0 Å². The highest BCUT2D eigenvalue weighted by atomic mass is 32.1. The fraction of sp³-hybridized carbons (Fsp3) is 0.692. The third-order valence-corrected chi connectivity index (χ3v) is 4.32. The number of nitrogens with zero attached hydrogens (tertiary/aromatic N) is 2. The van der Waals surface area contributed by atoms with Crippen LogP contribution >= 0.6 is 11.3 Å². The number of nitrogens with one attached hydrogen (secondary N) is 2. The van der Waals surface area contributed by atoms with Gasteiger partial charge in [-0.2, -0.15) is 0 Å². The van der Waals surface area contributed by atoms with Crippen molar-refractivity contribution in [3.63, 3.8) is 0 Å². The minimum atomic E-state index is 0.868. The van der Waals surface area contributed by atoms with E-state index in [2.05, 4.69) is 34.5 Å². The molecule has 1 fully saturated rings. The Morgan fingerprint density at radius 2 is 2.17 bits per heavy atom. The van der Waals surface area contributed by atoms with Crippen LogP contribution in [0.4, 0.5) is 0 Å². The molecule has 0 spiro atoms. The highest BCUT2D eigenvalue weighted by Crippen LogP contribution is 2.27. The molecule has 1 aromatic heterocycles. The average molecular weight is 266 g/mol. The van der Waals surface area contributed by atoms with Crippen LogP contribution in [0.1, 0.15) is 28.4 Å². The lowest BCUT2D eigenvalue weighted by Gasteiger charge is -2.10. The number of hydrogen-bond acceptors (Lipinski definition) is 3. The number of aromatic nitrogens is 1. The van der Waals surface area contributed by atoms with E-state index in [0.29, 0.717) is 0 Å². The number of guanidine groups is 1. The van der Waals surface area contributed by atoms with Crippen LogP contribution in [0.15, 0.2) is 4.99 Å². The number of hydrogen-bond donors (Lipinski definition) is 2. The van der Waals surface area contributed by atoms with Crippen molar-refractivity contribution >= 4 is 17.3 Å². The SMILES string of the molecule is CN=C(NCCc1nc(C)c(C)s1)NCC1CC1. The molecule has 0 saturated heterocycles. The monoisotopic (exact) mass is 266 g/mol. The van der Waals surface area contributed by atoms with Crippen molar-refractivity contribution in [3.8, 4) is 0 Å². The molecule has 0 aromatic carbocycles. The molecule has 1 aliphatic rings. The summed E-state index contributed by atoms with van der Waals surface area (Å²) in [4.78, 5) is 10.1. The fourth-order valence-electron chi connectivity index (χ4n) is 1.72. The predicted octanol–water partition coefficient (Wildman–Crippen LogP) is 1.88. The van der Waals surface area contributed by atoms with Gasteiger partial charge in [-0.25, -0.2) is 4.98 Å². The van der Waals surface area contributed by atoms with E-state index in [0.717, 1.165) is 37.1 Å². The standard InChI is InChI=1S/C13H22N4S/c1-9-10(2)18-12(17-9)6-7-15-13(14-3)16-8-11-4-5-11/h11H,4-8H2,1-3H3,(H2,14,15,16). The summed E-state index contributed by atoms with van der Waals surface area (Å²) >= 11 is 1.79. The Kier molecular flexibility index (Phi) is 4.58. The quantitative estimate of drug-likeness (QED) is 0.632. The highest BCUT2D eigenvalue weighted by Gasteiger charge is 2.20. The smallest absolute Gasteiger partial charge is 0.190 e. The Hall–Kier alpha value is -1.10. The summed E-state index contributed by atoms with van der Waals surface area (Å²) in [6.07, 6.45) is 3.69. The molecule has 18 heavy (non-hydrogen) atoms. The number of aliphatic imine (C=N–C) groups is 1. The van der Waals surface area contributed by atoms with Crippen LogP contribution in [-0.4, -0.2) is 31.1 Å². The lowest BCUT2D eigenvalue weighted by Crippen LogP contribution is -2.39. The van der Waals surface area contributed by atoms with Gasteiger partial charge in [-0.15, -0.1) is 11.3 Å². The molecule has 1 aromatic rings. The van der Waals surface area contributed by atoms with Gasteiger partial charge in [0, 0.05) is 31.4 Å². The molecule has 0 unspecified atom stereocenters. The number of thiazole rings is 1. The van der Waals surface area contributed by atoms with Crippen LogP contribution in [0.5, 0.6) is 0 Å². The Labute approximate surface area is 113 Å². The third kappa shape index (κ3) is 3.98. The zero-order valence-corrected chi connectivity index (χ0v) is 12.2. The van der Waals surface area contributed by atoms with Gasteiger partial charge in [0.15, 0.2) is 5.96 Å². The van der Waals surface area contributed by atoms with Crippen LogP contribution in [0.25, 0.3) is 0 Å². The first kappa shape index (κ1) is 13.3. The topological polar surface area (TPSA) is 49.3 Å². The Balaban J connectivity index is 1.69. The molecule has 2 rings (SSSR count). The van der Waals surface area contributed by atoms with E-state index in [9.17, 15) is 0 Å². The predicted molar refractivity (Wildman–Crippen MR) is 77.4 cm³/mol. The molecule has 0 atom stereocenters. The van der Waals surface area contributed by atoms with Crippen molar-refractivity contribution in [1.29, 1.82) is 0 Å². The van der Waals surface area contributed by atoms with E-state index in [4.69, 9.17) is 0 Å². The Bertz CT molecular complexity index is 401. The first-order valence-corrected chi connectivity index (χ1v) is 7.38. The second-order valence-electron chi connectivity index (χ2n) is 4.82. The zero-order valence-electron chi connectivity index (χ0n) is 11.4. The van der Waals surface area contributed by atoms with Crippen LogP contribution in [-0.2, 0) is 6.42 Å². The van der Waals surface area contributed by atoms with E-state index in [1.165, 1.54) is 22.7 Å². The summed E-state index contributed by atoms with van der Waals surface area (Å²) in [7, 11) is 1.82. The second kappa shape index (κ2) is 6.18. The van der Waals surface area contributed by atoms with E-state index in [1.807, 2.05) is 7.05 Å². The van der Waals surface area contributed by atoms with Gasteiger partial charge in [0.25, 0.3) is 0 Å². The zero-order chi connectivity index (χ0) is 13.0. The van der Waals surface area contributed by atoms with Gasteiger partial charge in [-0.05, 0) is 32.6 Å². The summed E-state index contributed by atoms with van der Waals surface area (Å²) in [5, 5.41) is 7.90.